The first kappa shape index (κ1) is 25.3. The predicted octanol–water partition coefficient (Wildman–Crippen LogP) is 4.12. The molecular weight excluding hydrogens is 548 g/mol. The number of thiazole rings is 2. The minimum Gasteiger partial charge on any atom is -0.356 e. The van der Waals surface area contributed by atoms with Crippen LogP contribution in [0, 0.1) is 12.8 Å². The Hall–Kier alpha value is -0.990. The van der Waals surface area contributed by atoms with Crippen molar-refractivity contribution in [1.82, 2.24) is 25.5 Å². The van der Waals surface area contributed by atoms with E-state index >= 15 is 0 Å². The van der Waals surface area contributed by atoms with Crippen LogP contribution in [0.2, 0.25) is 0 Å². The summed E-state index contributed by atoms with van der Waals surface area (Å²) in [4.78, 5) is 14.7. The first-order valence-electron chi connectivity index (χ1n) is 9.43. The summed E-state index contributed by atoms with van der Waals surface area (Å²) in [5.41, 5.74) is 0.298. The van der Waals surface area contributed by atoms with Crippen LogP contribution in [0.4, 0.5) is 13.2 Å². The molecule has 3 heterocycles. The van der Waals surface area contributed by atoms with Crippen molar-refractivity contribution in [2.75, 3.05) is 26.7 Å². The van der Waals surface area contributed by atoms with Gasteiger partial charge in [0.1, 0.15) is 5.01 Å². The summed E-state index contributed by atoms with van der Waals surface area (Å²) >= 11 is 2.68. The molecule has 1 fully saturated rings. The van der Waals surface area contributed by atoms with Gasteiger partial charge in [-0.05, 0) is 38.8 Å². The molecule has 2 aromatic heterocycles. The third-order valence-corrected chi connectivity index (χ3v) is 6.46. The van der Waals surface area contributed by atoms with E-state index < -0.39 is 11.9 Å². The number of aromatic nitrogens is 2. The van der Waals surface area contributed by atoms with Crippen molar-refractivity contribution in [3.63, 3.8) is 0 Å². The Morgan fingerprint density at radius 1 is 1.20 bits per heavy atom. The summed E-state index contributed by atoms with van der Waals surface area (Å²) in [6.45, 7) is 6.00. The molecular formula is C18H26F3IN6S2. The summed E-state index contributed by atoms with van der Waals surface area (Å²) in [6, 6.07) is 0. The van der Waals surface area contributed by atoms with Crippen LogP contribution in [0.5, 0.6) is 0 Å². The SMILES string of the molecule is CN=C(NCc1nc(C(F)(F)F)cs1)NCC1CCN(Cc2csc(C)n2)CC1.I. The molecule has 0 amide bonds. The third-order valence-electron chi connectivity index (χ3n) is 4.79. The smallest absolute Gasteiger partial charge is 0.356 e. The lowest BCUT2D eigenvalue weighted by Gasteiger charge is -2.31. The molecule has 3 rings (SSSR count). The van der Waals surface area contributed by atoms with Crippen LogP contribution >= 0.6 is 46.7 Å². The van der Waals surface area contributed by atoms with E-state index in [-0.39, 0.29) is 30.5 Å². The zero-order valence-corrected chi connectivity index (χ0v) is 20.8. The number of alkyl halides is 3. The molecule has 1 aliphatic rings. The Labute approximate surface area is 199 Å². The fourth-order valence-corrected chi connectivity index (χ4v) is 4.55. The first-order valence-corrected chi connectivity index (χ1v) is 11.2. The van der Waals surface area contributed by atoms with Gasteiger partial charge < -0.3 is 10.6 Å². The summed E-state index contributed by atoms with van der Waals surface area (Å²) in [7, 11) is 1.65. The standard InChI is InChI=1S/C18H25F3N6S2.HI/c1-12-25-14(10-28-12)9-27-5-3-13(4-6-27)7-23-17(22-2)24-8-16-26-15(11-29-16)18(19,20)21;/h10-11,13H,3-9H2,1-2H3,(H2,22,23,24);1H. The van der Waals surface area contributed by atoms with E-state index in [0.717, 1.165) is 66.4 Å². The average Bonchev–Trinajstić information content (AvgIpc) is 3.32. The molecule has 0 radical (unpaired) electrons. The Morgan fingerprint density at radius 2 is 1.93 bits per heavy atom. The van der Waals surface area contributed by atoms with E-state index in [1.165, 1.54) is 0 Å². The van der Waals surface area contributed by atoms with Crippen LogP contribution in [0.1, 0.15) is 34.2 Å². The van der Waals surface area contributed by atoms with Crippen molar-refractivity contribution in [2.45, 2.75) is 39.0 Å². The molecule has 0 aliphatic carbocycles. The number of halogens is 4. The summed E-state index contributed by atoms with van der Waals surface area (Å²) in [5.74, 6) is 1.12. The van der Waals surface area contributed by atoms with Crippen LogP contribution in [-0.2, 0) is 19.3 Å². The molecule has 1 aliphatic heterocycles. The fraction of sp³-hybridized carbons (Fsp3) is 0.611. The van der Waals surface area contributed by atoms with E-state index in [9.17, 15) is 13.2 Å². The van der Waals surface area contributed by atoms with Crippen LogP contribution in [0.3, 0.4) is 0 Å². The topological polar surface area (TPSA) is 65.4 Å². The number of nitrogens with one attached hydrogen (secondary N) is 2. The molecule has 6 nitrogen and oxygen atoms in total. The number of nitrogens with zero attached hydrogens (tertiary/aromatic N) is 4. The number of hydrogen-bond donors (Lipinski definition) is 2. The summed E-state index contributed by atoms with van der Waals surface area (Å²) in [5, 5.41) is 11.0. The van der Waals surface area contributed by atoms with Gasteiger partial charge in [0.15, 0.2) is 11.7 Å². The number of guanidine groups is 1. The molecule has 2 N–H and O–H groups in total. The molecule has 0 spiro atoms. The van der Waals surface area contributed by atoms with Crippen molar-refractivity contribution < 1.29 is 13.2 Å². The number of piperidine rings is 1. The molecule has 2 aromatic rings. The normalized spacial score (nSPS) is 16.4. The lowest BCUT2D eigenvalue weighted by atomic mass is 9.97. The highest BCUT2D eigenvalue weighted by Gasteiger charge is 2.33. The van der Waals surface area contributed by atoms with Crippen molar-refractivity contribution >= 4 is 52.6 Å². The van der Waals surface area contributed by atoms with E-state index in [2.05, 4.69) is 35.9 Å². The highest BCUT2D eigenvalue weighted by molar-refractivity contribution is 14.0. The van der Waals surface area contributed by atoms with E-state index in [1.807, 2.05) is 6.92 Å². The maximum atomic E-state index is 12.6. The predicted molar refractivity (Wildman–Crippen MR) is 126 cm³/mol. The highest BCUT2D eigenvalue weighted by Crippen LogP contribution is 2.29. The molecule has 0 saturated carbocycles. The third kappa shape index (κ3) is 7.61. The number of hydrogen-bond acceptors (Lipinski definition) is 6. The largest absolute Gasteiger partial charge is 0.434 e. The van der Waals surface area contributed by atoms with Crippen molar-refractivity contribution in [1.29, 1.82) is 0 Å². The lowest BCUT2D eigenvalue weighted by Crippen LogP contribution is -2.42. The Bertz CT molecular complexity index is 815. The average molecular weight is 574 g/mol. The lowest BCUT2D eigenvalue weighted by molar-refractivity contribution is -0.140. The number of aliphatic imine (C=N–C) groups is 1. The van der Waals surface area contributed by atoms with Gasteiger partial charge in [0.2, 0.25) is 0 Å². The van der Waals surface area contributed by atoms with Crippen molar-refractivity contribution in [3.8, 4) is 0 Å². The van der Waals surface area contributed by atoms with Crippen LogP contribution < -0.4 is 10.6 Å². The van der Waals surface area contributed by atoms with E-state index in [0.29, 0.717) is 16.9 Å². The van der Waals surface area contributed by atoms with Gasteiger partial charge in [0.25, 0.3) is 0 Å². The first-order chi connectivity index (χ1) is 13.8. The number of likely N-dealkylation sites (tertiary alicyclic amines) is 1. The van der Waals surface area contributed by atoms with Crippen molar-refractivity contribution in [2.24, 2.45) is 10.9 Å². The van der Waals surface area contributed by atoms with Gasteiger partial charge in [0.05, 0.1) is 17.2 Å². The molecule has 30 heavy (non-hydrogen) atoms. The van der Waals surface area contributed by atoms with Crippen LogP contribution in [0.15, 0.2) is 15.8 Å². The van der Waals surface area contributed by atoms with Gasteiger partial charge in [-0.25, -0.2) is 9.97 Å². The molecule has 12 heteroatoms. The summed E-state index contributed by atoms with van der Waals surface area (Å²) in [6.07, 6.45) is -2.22. The van der Waals surface area contributed by atoms with Gasteiger partial charge in [-0.2, -0.15) is 13.2 Å². The Balaban J connectivity index is 0.00000320. The van der Waals surface area contributed by atoms with E-state index in [4.69, 9.17) is 0 Å². The monoisotopic (exact) mass is 574 g/mol. The maximum Gasteiger partial charge on any atom is 0.434 e. The minimum absolute atomic E-state index is 0. The Kier molecular flexibility index (Phi) is 9.75. The molecule has 0 unspecified atom stereocenters. The number of aryl methyl sites for hydroxylation is 1. The van der Waals surface area contributed by atoms with Gasteiger partial charge >= 0.3 is 6.18 Å². The minimum atomic E-state index is -4.40. The van der Waals surface area contributed by atoms with Gasteiger partial charge in [0, 0.05) is 30.9 Å². The molecule has 168 valence electrons. The zero-order valence-electron chi connectivity index (χ0n) is 16.8. The quantitative estimate of drug-likeness (QED) is 0.309. The van der Waals surface area contributed by atoms with Crippen LogP contribution in [0.25, 0.3) is 0 Å². The van der Waals surface area contributed by atoms with Gasteiger partial charge in [-0.15, -0.1) is 46.7 Å². The molecule has 0 atom stereocenters. The van der Waals surface area contributed by atoms with Gasteiger partial charge in [-0.1, -0.05) is 0 Å². The highest BCUT2D eigenvalue weighted by atomic mass is 127. The van der Waals surface area contributed by atoms with Crippen molar-refractivity contribution in [3.05, 3.63) is 32.2 Å². The second kappa shape index (κ2) is 11.6. The summed E-state index contributed by atoms with van der Waals surface area (Å²) < 4.78 is 37.9. The van der Waals surface area contributed by atoms with Gasteiger partial charge in [-0.3, -0.25) is 9.89 Å². The Morgan fingerprint density at radius 3 is 2.50 bits per heavy atom. The second-order valence-corrected chi connectivity index (χ2v) is 9.01. The zero-order chi connectivity index (χ0) is 20.9. The molecule has 1 saturated heterocycles. The molecule has 0 aromatic carbocycles. The van der Waals surface area contributed by atoms with E-state index in [1.54, 1.807) is 18.4 Å². The number of rotatable bonds is 6. The second-order valence-electron chi connectivity index (χ2n) is 7.01. The van der Waals surface area contributed by atoms with Crippen LogP contribution in [-0.4, -0.2) is 47.5 Å². The maximum absolute atomic E-state index is 12.6. The molecule has 0 bridgehead atoms. The fourth-order valence-electron chi connectivity index (χ4n) is 3.20.